The fourth-order valence-electron chi connectivity index (χ4n) is 3.13. The molecule has 0 spiro atoms. The smallest absolute Gasteiger partial charge is 0.263 e. The Morgan fingerprint density at radius 3 is 2.96 bits per heavy atom. The van der Waals surface area contributed by atoms with E-state index in [2.05, 4.69) is 22.2 Å². The molecule has 6 heteroatoms. The second-order valence-corrected chi connectivity index (χ2v) is 7.64. The van der Waals surface area contributed by atoms with Gasteiger partial charge in [0.25, 0.3) is 5.91 Å². The number of benzene rings is 1. The van der Waals surface area contributed by atoms with Crippen LogP contribution in [-0.2, 0) is 0 Å². The zero-order chi connectivity index (χ0) is 17.1. The Morgan fingerprint density at radius 1 is 1.46 bits per heavy atom. The summed E-state index contributed by atoms with van der Waals surface area (Å²) in [5.41, 5.74) is 1.63. The molecule has 1 amide bonds. The molecule has 1 aliphatic heterocycles. The van der Waals surface area contributed by atoms with Crippen LogP contribution < -0.4 is 5.32 Å². The molecule has 0 aliphatic carbocycles. The minimum Gasteiger partial charge on any atom is -0.351 e. The summed E-state index contributed by atoms with van der Waals surface area (Å²) in [4.78, 5) is 20.0. The van der Waals surface area contributed by atoms with Crippen LogP contribution in [0, 0.1) is 6.92 Å². The number of hydrogen-bond acceptors (Lipinski definition) is 4. The largest absolute Gasteiger partial charge is 0.351 e. The van der Waals surface area contributed by atoms with Gasteiger partial charge in [-0.1, -0.05) is 29.8 Å². The lowest BCUT2D eigenvalue weighted by Gasteiger charge is -2.19. The summed E-state index contributed by atoms with van der Waals surface area (Å²) in [7, 11) is 2.16. The van der Waals surface area contributed by atoms with Crippen LogP contribution in [-0.4, -0.2) is 42.0 Å². The van der Waals surface area contributed by atoms with Crippen molar-refractivity contribution in [3.8, 4) is 10.6 Å². The Labute approximate surface area is 151 Å². The number of aromatic nitrogens is 1. The first-order chi connectivity index (χ1) is 11.6. The minimum atomic E-state index is -0.0380. The summed E-state index contributed by atoms with van der Waals surface area (Å²) in [6.07, 6.45) is 3.48. The van der Waals surface area contributed by atoms with Crippen molar-refractivity contribution in [1.29, 1.82) is 0 Å². The molecule has 1 aliphatic rings. The van der Waals surface area contributed by atoms with Crippen LogP contribution in [0.15, 0.2) is 24.3 Å². The van der Waals surface area contributed by atoms with Crippen molar-refractivity contribution in [1.82, 2.24) is 15.2 Å². The number of aryl methyl sites for hydroxylation is 1. The monoisotopic (exact) mass is 363 g/mol. The normalized spacial score (nSPS) is 18.0. The number of likely N-dealkylation sites (tertiary alicyclic amines) is 1. The first kappa shape index (κ1) is 17.4. The summed E-state index contributed by atoms with van der Waals surface area (Å²) in [6, 6.07) is 8.17. The van der Waals surface area contributed by atoms with Crippen molar-refractivity contribution in [3.63, 3.8) is 0 Å². The Morgan fingerprint density at radius 2 is 2.25 bits per heavy atom. The Kier molecular flexibility index (Phi) is 5.54. The third-order valence-corrected chi connectivity index (χ3v) is 6.06. The number of carbonyl (C=O) groups is 1. The number of rotatable bonds is 5. The Bertz CT molecular complexity index is 731. The zero-order valence-electron chi connectivity index (χ0n) is 14.0. The van der Waals surface area contributed by atoms with E-state index in [0.717, 1.165) is 29.2 Å². The van der Waals surface area contributed by atoms with Gasteiger partial charge in [0.05, 0.1) is 10.7 Å². The number of thiazole rings is 1. The van der Waals surface area contributed by atoms with Gasteiger partial charge in [-0.2, -0.15) is 0 Å². The van der Waals surface area contributed by atoms with E-state index in [1.165, 1.54) is 24.2 Å². The van der Waals surface area contributed by atoms with Crippen LogP contribution in [0.5, 0.6) is 0 Å². The molecule has 1 N–H and O–H groups in total. The number of amides is 1. The van der Waals surface area contributed by atoms with Gasteiger partial charge in [-0.25, -0.2) is 4.98 Å². The summed E-state index contributed by atoms with van der Waals surface area (Å²) >= 11 is 7.63. The van der Waals surface area contributed by atoms with E-state index in [1.807, 2.05) is 31.2 Å². The molecule has 1 aromatic heterocycles. The summed E-state index contributed by atoms with van der Waals surface area (Å²) in [5, 5.41) is 4.48. The van der Waals surface area contributed by atoms with Gasteiger partial charge in [0.15, 0.2) is 0 Å². The standard InChI is InChI=1S/C18H22ClN3OS/c1-12-16(17(23)20-10-9-13-6-5-11-22(13)2)24-18(21-12)14-7-3-4-8-15(14)19/h3-4,7-8,13H,5-6,9-11H2,1-2H3,(H,20,23). The molecule has 24 heavy (non-hydrogen) atoms. The van der Waals surface area contributed by atoms with Gasteiger partial charge in [-0.3, -0.25) is 4.79 Å². The minimum absolute atomic E-state index is 0.0380. The van der Waals surface area contributed by atoms with Crippen molar-refractivity contribution in [2.24, 2.45) is 0 Å². The number of halogens is 1. The van der Waals surface area contributed by atoms with Crippen LogP contribution in [0.25, 0.3) is 10.6 Å². The summed E-state index contributed by atoms with van der Waals surface area (Å²) in [6.45, 7) is 3.73. The van der Waals surface area contributed by atoms with Crippen LogP contribution >= 0.6 is 22.9 Å². The number of nitrogens with one attached hydrogen (secondary N) is 1. The molecule has 0 bridgehead atoms. The SMILES string of the molecule is Cc1nc(-c2ccccc2Cl)sc1C(=O)NCCC1CCCN1C. The van der Waals surface area contributed by atoms with Crippen molar-refractivity contribution >= 4 is 28.8 Å². The lowest BCUT2D eigenvalue weighted by molar-refractivity contribution is 0.0953. The molecule has 1 saturated heterocycles. The van der Waals surface area contributed by atoms with Crippen LogP contribution in [0.3, 0.4) is 0 Å². The third kappa shape index (κ3) is 3.79. The molecule has 0 saturated carbocycles. The van der Waals surface area contributed by atoms with Crippen LogP contribution in [0.4, 0.5) is 0 Å². The van der Waals surface area contributed by atoms with Gasteiger partial charge in [0.1, 0.15) is 9.88 Å². The van der Waals surface area contributed by atoms with E-state index in [9.17, 15) is 4.79 Å². The van der Waals surface area contributed by atoms with Crippen molar-refractivity contribution in [3.05, 3.63) is 39.9 Å². The topological polar surface area (TPSA) is 45.2 Å². The number of nitrogens with zero attached hydrogens (tertiary/aromatic N) is 2. The van der Waals surface area contributed by atoms with Gasteiger partial charge in [-0.15, -0.1) is 11.3 Å². The molecular weight excluding hydrogens is 342 g/mol. The number of hydrogen-bond donors (Lipinski definition) is 1. The van der Waals surface area contributed by atoms with E-state index in [4.69, 9.17) is 11.6 Å². The Hall–Kier alpha value is -1.43. The maximum atomic E-state index is 12.5. The molecule has 1 fully saturated rings. The molecule has 2 aromatic rings. The quantitative estimate of drug-likeness (QED) is 0.873. The van der Waals surface area contributed by atoms with E-state index >= 15 is 0 Å². The maximum Gasteiger partial charge on any atom is 0.263 e. The van der Waals surface area contributed by atoms with E-state index in [0.29, 0.717) is 22.5 Å². The fourth-order valence-corrected chi connectivity index (χ4v) is 4.44. The predicted octanol–water partition coefficient (Wildman–Crippen LogP) is 3.99. The van der Waals surface area contributed by atoms with Crippen molar-refractivity contribution < 1.29 is 4.79 Å². The first-order valence-electron chi connectivity index (χ1n) is 8.27. The molecular formula is C18H22ClN3OS. The average Bonchev–Trinajstić information content (AvgIpc) is 3.14. The zero-order valence-corrected chi connectivity index (χ0v) is 15.6. The van der Waals surface area contributed by atoms with E-state index in [-0.39, 0.29) is 5.91 Å². The summed E-state index contributed by atoms with van der Waals surface area (Å²) in [5.74, 6) is -0.0380. The maximum absolute atomic E-state index is 12.5. The highest BCUT2D eigenvalue weighted by atomic mass is 35.5. The second-order valence-electron chi connectivity index (χ2n) is 6.23. The van der Waals surface area contributed by atoms with Crippen LogP contribution in [0.2, 0.25) is 5.02 Å². The molecule has 1 atom stereocenters. The van der Waals surface area contributed by atoms with Gasteiger partial charge in [0.2, 0.25) is 0 Å². The highest BCUT2D eigenvalue weighted by molar-refractivity contribution is 7.17. The lowest BCUT2D eigenvalue weighted by Crippen LogP contribution is -2.31. The van der Waals surface area contributed by atoms with E-state index < -0.39 is 0 Å². The fraction of sp³-hybridized carbons (Fsp3) is 0.444. The predicted molar refractivity (Wildman–Crippen MR) is 99.9 cm³/mol. The van der Waals surface area contributed by atoms with Crippen molar-refractivity contribution in [2.45, 2.75) is 32.2 Å². The molecule has 3 rings (SSSR count). The second kappa shape index (κ2) is 7.64. The first-order valence-corrected chi connectivity index (χ1v) is 9.46. The third-order valence-electron chi connectivity index (χ3n) is 4.54. The molecule has 1 unspecified atom stereocenters. The van der Waals surface area contributed by atoms with E-state index in [1.54, 1.807) is 0 Å². The highest BCUT2D eigenvalue weighted by Crippen LogP contribution is 2.32. The van der Waals surface area contributed by atoms with Crippen LogP contribution in [0.1, 0.15) is 34.6 Å². The number of carbonyl (C=O) groups excluding carboxylic acids is 1. The Balaban J connectivity index is 1.64. The van der Waals surface area contributed by atoms with Gasteiger partial charge in [0, 0.05) is 18.2 Å². The molecule has 4 nitrogen and oxygen atoms in total. The van der Waals surface area contributed by atoms with Gasteiger partial charge < -0.3 is 10.2 Å². The molecule has 2 heterocycles. The highest BCUT2D eigenvalue weighted by Gasteiger charge is 2.21. The van der Waals surface area contributed by atoms with Crippen molar-refractivity contribution in [2.75, 3.05) is 20.1 Å². The average molecular weight is 364 g/mol. The molecule has 128 valence electrons. The summed E-state index contributed by atoms with van der Waals surface area (Å²) < 4.78 is 0. The lowest BCUT2D eigenvalue weighted by atomic mass is 10.1. The van der Waals surface area contributed by atoms with Gasteiger partial charge in [-0.05, 0) is 45.8 Å². The molecule has 1 aromatic carbocycles. The van der Waals surface area contributed by atoms with Gasteiger partial charge >= 0.3 is 0 Å². The molecule has 0 radical (unpaired) electrons.